The van der Waals surface area contributed by atoms with Crippen LogP contribution in [-0.4, -0.2) is 23.2 Å². The number of amidine groups is 1. The van der Waals surface area contributed by atoms with E-state index in [-0.39, 0.29) is 24.3 Å². The first-order valence-corrected chi connectivity index (χ1v) is 13.2. The minimum Gasteiger partial charge on any atom is -0.377 e. The predicted molar refractivity (Wildman–Crippen MR) is 142 cm³/mol. The van der Waals surface area contributed by atoms with Crippen molar-refractivity contribution in [3.63, 3.8) is 0 Å². The Balaban J connectivity index is 0.00000133. The molecule has 34 heavy (non-hydrogen) atoms. The monoisotopic (exact) mass is 483 g/mol. The fraction of sp³-hybridized carbons (Fsp3) is 0.464. The molecule has 1 atom stereocenters. The summed E-state index contributed by atoms with van der Waals surface area (Å²) in [6.07, 6.45) is 3.61. The number of halogens is 2. The van der Waals surface area contributed by atoms with Gasteiger partial charge in [-0.25, -0.2) is 13.8 Å². The smallest absolute Gasteiger partial charge is 0.248 e. The summed E-state index contributed by atoms with van der Waals surface area (Å²) in [6.45, 7) is 17.4. The van der Waals surface area contributed by atoms with Gasteiger partial charge >= 0.3 is 0 Å². The Hall–Kier alpha value is -2.47. The quantitative estimate of drug-likeness (QED) is 0.470. The van der Waals surface area contributed by atoms with Crippen molar-refractivity contribution < 1.29 is 8.78 Å². The van der Waals surface area contributed by atoms with Gasteiger partial charge in [-0.05, 0) is 56.2 Å². The molecule has 0 radical (unpaired) electrons. The van der Waals surface area contributed by atoms with Gasteiger partial charge in [-0.3, -0.25) is 0 Å². The molecule has 1 saturated carbocycles. The molecule has 1 aromatic carbocycles. The van der Waals surface area contributed by atoms with Gasteiger partial charge in [0.1, 0.15) is 5.84 Å². The van der Waals surface area contributed by atoms with Crippen LogP contribution in [0.3, 0.4) is 0 Å². The summed E-state index contributed by atoms with van der Waals surface area (Å²) >= 11 is 1.66. The van der Waals surface area contributed by atoms with Crippen LogP contribution in [0.4, 0.5) is 20.2 Å². The summed E-state index contributed by atoms with van der Waals surface area (Å²) in [5.41, 5.74) is 5.99. The van der Waals surface area contributed by atoms with Crippen molar-refractivity contribution in [3.05, 3.63) is 58.3 Å². The van der Waals surface area contributed by atoms with Crippen molar-refractivity contribution in [2.45, 2.75) is 71.8 Å². The van der Waals surface area contributed by atoms with Crippen LogP contribution in [0.15, 0.2) is 41.7 Å². The molecule has 0 amide bonds. The first-order valence-electron chi connectivity index (χ1n) is 12.3. The predicted octanol–water partition coefficient (Wildman–Crippen LogP) is 8.81. The largest absolute Gasteiger partial charge is 0.377 e. The summed E-state index contributed by atoms with van der Waals surface area (Å²) in [4.78, 5) is 8.49. The van der Waals surface area contributed by atoms with Crippen molar-refractivity contribution in [1.82, 2.24) is 4.90 Å². The van der Waals surface area contributed by atoms with Crippen LogP contribution < -0.4 is 5.32 Å². The molecule has 3 nitrogen and oxygen atoms in total. The van der Waals surface area contributed by atoms with Crippen LogP contribution in [0.2, 0.25) is 0 Å². The van der Waals surface area contributed by atoms with E-state index >= 15 is 0 Å². The maximum atomic E-state index is 14.0. The lowest BCUT2D eigenvalue weighted by atomic mass is 9.71. The number of anilines is 1. The molecule has 1 aliphatic carbocycles. The van der Waals surface area contributed by atoms with Gasteiger partial charge in [0, 0.05) is 46.5 Å². The van der Waals surface area contributed by atoms with E-state index in [0.717, 1.165) is 57.4 Å². The zero-order valence-electron chi connectivity index (χ0n) is 20.7. The molecule has 0 bridgehead atoms. The fourth-order valence-corrected chi connectivity index (χ4v) is 6.18. The molecule has 1 aromatic heterocycles. The Labute approximate surface area is 206 Å². The number of hydrogen-bond acceptors (Lipinski definition) is 4. The number of benzene rings is 1. The van der Waals surface area contributed by atoms with E-state index in [9.17, 15) is 8.78 Å². The second kappa shape index (κ2) is 9.29. The van der Waals surface area contributed by atoms with Crippen LogP contribution in [0, 0.1) is 12.3 Å². The van der Waals surface area contributed by atoms with Gasteiger partial charge in [-0.15, -0.1) is 11.3 Å². The maximum absolute atomic E-state index is 14.0. The first kappa shape index (κ1) is 24.6. The highest BCUT2D eigenvalue weighted by molar-refractivity contribution is 7.11. The number of aliphatic imine (C=N–C) groups is 1. The molecule has 1 N–H and O–H groups in total. The third-order valence-corrected chi connectivity index (χ3v) is 8.25. The molecule has 6 heteroatoms. The van der Waals surface area contributed by atoms with Gasteiger partial charge in [0.15, 0.2) is 0 Å². The highest BCUT2D eigenvalue weighted by Crippen LogP contribution is 2.54. The summed E-state index contributed by atoms with van der Waals surface area (Å²) < 4.78 is 27.9. The number of rotatable bonds is 4. The minimum atomic E-state index is -2.55. The van der Waals surface area contributed by atoms with Gasteiger partial charge in [-0.1, -0.05) is 39.1 Å². The topological polar surface area (TPSA) is 27.6 Å². The molecule has 2 aliphatic heterocycles. The van der Waals surface area contributed by atoms with Crippen molar-refractivity contribution in [2.75, 3.05) is 11.9 Å². The van der Waals surface area contributed by atoms with Gasteiger partial charge in [-0.2, -0.15) is 0 Å². The molecule has 3 aliphatic rings. The highest BCUT2D eigenvalue weighted by Gasteiger charge is 2.52. The zero-order chi connectivity index (χ0) is 24.7. The summed E-state index contributed by atoms with van der Waals surface area (Å²) in [7, 11) is 0. The molecule has 2 aromatic rings. The van der Waals surface area contributed by atoms with Gasteiger partial charge in [0.2, 0.25) is 5.92 Å². The highest BCUT2D eigenvalue weighted by atomic mass is 32.1. The Morgan fingerprint density at radius 3 is 2.56 bits per heavy atom. The standard InChI is InChI=1S/C26H29F2N3S.C2H6/c1-5-22-21(6-13-32-22)29-17(3)19-14-16(2)15-20-18(4)31-12-11-25(24(31)30-23(19)20)7-9-26(27,28)10-8-25;1-2/h5-6,13-15,17,29H,1,4,7-12H2,2-3H3;1-2H3. The van der Waals surface area contributed by atoms with E-state index in [4.69, 9.17) is 4.99 Å². The molecular formula is C28H35F2N3S. The molecule has 3 heterocycles. The fourth-order valence-electron chi connectivity index (χ4n) is 5.48. The van der Waals surface area contributed by atoms with E-state index in [2.05, 4.69) is 60.8 Å². The number of hydrogen-bond donors (Lipinski definition) is 1. The third-order valence-electron chi connectivity index (χ3n) is 7.34. The second-order valence-corrected chi connectivity index (χ2v) is 10.4. The van der Waals surface area contributed by atoms with Crippen LogP contribution in [-0.2, 0) is 0 Å². The number of nitrogens with one attached hydrogen (secondary N) is 1. The molecule has 5 rings (SSSR count). The third kappa shape index (κ3) is 4.21. The van der Waals surface area contributed by atoms with Crippen molar-refractivity contribution in [1.29, 1.82) is 0 Å². The van der Waals surface area contributed by atoms with Crippen molar-refractivity contribution >= 4 is 40.3 Å². The van der Waals surface area contributed by atoms with Crippen LogP contribution in [0.25, 0.3) is 11.8 Å². The van der Waals surface area contributed by atoms with E-state index in [1.54, 1.807) is 11.3 Å². The lowest BCUT2D eigenvalue weighted by Crippen LogP contribution is -2.40. The SMILES string of the molecule is C=Cc1sccc1NC(C)c1cc(C)cc2c1N=C1N(CCC13CCC(F)(F)CC3)C2=C.CC. The Kier molecular flexibility index (Phi) is 6.74. The van der Waals surface area contributed by atoms with E-state index in [1.807, 2.05) is 19.9 Å². The lowest BCUT2D eigenvalue weighted by molar-refractivity contribution is -0.0537. The van der Waals surface area contributed by atoms with Crippen LogP contribution in [0.5, 0.6) is 0 Å². The van der Waals surface area contributed by atoms with Gasteiger partial charge in [0.25, 0.3) is 0 Å². The Bertz CT molecular complexity index is 1120. The Morgan fingerprint density at radius 2 is 1.88 bits per heavy atom. The summed E-state index contributed by atoms with van der Waals surface area (Å²) in [5, 5.41) is 5.67. The number of thiophene rings is 1. The summed E-state index contributed by atoms with van der Waals surface area (Å²) in [5.74, 6) is -1.60. The molecule has 2 fully saturated rings. The Morgan fingerprint density at radius 1 is 1.18 bits per heavy atom. The average Bonchev–Trinajstić information content (AvgIpc) is 3.42. The molecule has 1 unspecified atom stereocenters. The minimum absolute atomic E-state index is 0.0219. The molecule has 1 spiro atoms. The summed E-state index contributed by atoms with van der Waals surface area (Å²) in [6, 6.07) is 6.42. The number of alkyl halides is 2. The van der Waals surface area contributed by atoms with Gasteiger partial charge in [0.05, 0.1) is 17.4 Å². The zero-order valence-corrected chi connectivity index (χ0v) is 21.5. The average molecular weight is 484 g/mol. The molecule has 182 valence electrons. The first-order chi connectivity index (χ1) is 16.2. The molecular weight excluding hydrogens is 448 g/mol. The van der Waals surface area contributed by atoms with E-state index in [1.165, 1.54) is 0 Å². The van der Waals surface area contributed by atoms with Crippen molar-refractivity contribution in [2.24, 2.45) is 10.4 Å². The van der Waals surface area contributed by atoms with Crippen molar-refractivity contribution in [3.8, 4) is 0 Å². The van der Waals surface area contributed by atoms with E-state index in [0.29, 0.717) is 12.8 Å². The second-order valence-electron chi connectivity index (χ2n) is 9.44. The van der Waals surface area contributed by atoms with E-state index < -0.39 is 5.92 Å². The number of fused-ring (bicyclic) bond motifs is 3. The van der Waals surface area contributed by atoms with Gasteiger partial charge < -0.3 is 10.2 Å². The molecule has 1 saturated heterocycles. The maximum Gasteiger partial charge on any atom is 0.248 e. The van der Waals surface area contributed by atoms with Crippen LogP contribution in [0.1, 0.15) is 80.5 Å². The number of nitrogens with zero attached hydrogens (tertiary/aromatic N) is 2. The normalized spacial score (nSPS) is 20.6. The number of aryl methyl sites for hydroxylation is 1. The van der Waals surface area contributed by atoms with Crippen LogP contribution >= 0.6 is 11.3 Å². The lowest BCUT2D eigenvalue weighted by Gasteiger charge is -2.40.